The Bertz CT molecular complexity index is 587. The van der Waals surface area contributed by atoms with Crippen LogP contribution in [0.5, 0.6) is 0 Å². The molecular weight excluding hydrogens is 232 g/mol. The second-order valence-electron chi connectivity index (χ2n) is 4.51. The van der Waals surface area contributed by atoms with Crippen molar-refractivity contribution < 1.29 is 9.90 Å². The summed E-state index contributed by atoms with van der Waals surface area (Å²) >= 11 is 0. The molecule has 0 aliphatic carbocycles. The van der Waals surface area contributed by atoms with Gasteiger partial charge in [0.05, 0.1) is 11.6 Å². The molecule has 0 spiro atoms. The maximum absolute atomic E-state index is 10.9. The van der Waals surface area contributed by atoms with Crippen LogP contribution < -0.4 is 5.32 Å². The van der Waals surface area contributed by atoms with Gasteiger partial charge < -0.3 is 10.4 Å². The van der Waals surface area contributed by atoms with Crippen LogP contribution in [-0.2, 0) is 0 Å². The standard InChI is InChI=1S/C12H14N4O2/c17-12(18)8-4-6-16-10(7-8)14-15-11(16)9-3-1-2-5-13-9/h4,6-7,9,13H,1-3,5H2,(H,17,18). The fourth-order valence-electron chi connectivity index (χ4n) is 2.35. The van der Waals surface area contributed by atoms with Crippen LogP contribution in [0, 0.1) is 0 Å². The molecule has 6 nitrogen and oxygen atoms in total. The molecule has 0 amide bonds. The number of carbonyl (C=O) groups is 1. The van der Waals surface area contributed by atoms with E-state index in [9.17, 15) is 4.79 Å². The number of hydrogen-bond donors (Lipinski definition) is 2. The zero-order valence-electron chi connectivity index (χ0n) is 9.83. The largest absolute Gasteiger partial charge is 0.478 e. The third kappa shape index (κ3) is 1.84. The maximum Gasteiger partial charge on any atom is 0.335 e. The lowest BCUT2D eigenvalue weighted by Gasteiger charge is -2.21. The van der Waals surface area contributed by atoms with Crippen molar-refractivity contribution in [2.75, 3.05) is 6.54 Å². The predicted octanol–water partition coefficient (Wildman–Crippen LogP) is 1.24. The van der Waals surface area contributed by atoms with E-state index in [1.54, 1.807) is 18.3 Å². The number of piperidine rings is 1. The number of carboxylic acid groups (broad SMARTS) is 1. The summed E-state index contributed by atoms with van der Waals surface area (Å²) in [6, 6.07) is 3.33. The fourth-order valence-corrected chi connectivity index (χ4v) is 2.35. The molecular formula is C12H14N4O2. The average Bonchev–Trinajstić information content (AvgIpc) is 2.82. The number of nitrogens with one attached hydrogen (secondary N) is 1. The minimum absolute atomic E-state index is 0.212. The molecule has 1 aliphatic rings. The SMILES string of the molecule is O=C(O)c1ccn2c(C3CCCCN3)nnc2c1. The summed E-state index contributed by atoms with van der Waals surface area (Å²) in [5.41, 5.74) is 0.815. The molecule has 1 atom stereocenters. The van der Waals surface area contributed by atoms with E-state index in [1.807, 2.05) is 4.40 Å². The lowest BCUT2D eigenvalue weighted by atomic mass is 10.0. The van der Waals surface area contributed by atoms with E-state index in [-0.39, 0.29) is 11.6 Å². The van der Waals surface area contributed by atoms with E-state index in [2.05, 4.69) is 15.5 Å². The van der Waals surface area contributed by atoms with Crippen LogP contribution in [-0.4, -0.2) is 32.2 Å². The second-order valence-corrected chi connectivity index (χ2v) is 4.51. The van der Waals surface area contributed by atoms with Gasteiger partial charge in [-0.3, -0.25) is 4.40 Å². The Morgan fingerprint density at radius 2 is 2.33 bits per heavy atom. The molecule has 1 saturated heterocycles. The average molecular weight is 246 g/mol. The van der Waals surface area contributed by atoms with E-state index >= 15 is 0 Å². The molecule has 3 heterocycles. The number of aromatic carboxylic acids is 1. The Balaban J connectivity index is 2.01. The van der Waals surface area contributed by atoms with Gasteiger partial charge in [-0.2, -0.15) is 0 Å². The van der Waals surface area contributed by atoms with Gasteiger partial charge in [0.15, 0.2) is 11.5 Å². The van der Waals surface area contributed by atoms with Gasteiger partial charge in [0.1, 0.15) is 0 Å². The van der Waals surface area contributed by atoms with Crippen LogP contribution in [0.1, 0.15) is 41.5 Å². The van der Waals surface area contributed by atoms with E-state index in [1.165, 1.54) is 12.8 Å². The van der Waals surface area contributed by atoms with Gasteiger partial charge in [0.2, 0.25) is 0 Å². The third-order valence-electron chi connectivity index (χ3n) is 3.31. The van der Waals surface area contributed by atoms with Crippen LogP contribution in [0.15, 0.2) is 18.3 Å². The van der Waals surface area contributed by atoms with Crippen LogP contribution >= 0.6 is 0 Å². The Hall–Kier alpha value is -1.95. The van der Waals surface area contributed by atoms with Crippen molar-refractivity contribution in [3.8, 4) is 0 Å². The van der Waals surface area contributed by atoms with E-state index in [0.717, 1.165) is 18.8 Å². The summed E-state index contributed by atoms with van der Waals surface area (Å²) in [6.45, 7) is 0.993. The molecule has 1 aliphatic heterocycles. The number of fused-ring (bicyclic) bond motifs is 1. The smallest absolute Gasteiger partial charge is 0.335 e. The predicted molar refractivity (Wildman–Crippen MR) is 64.5 cm³/mol. The number of aromatic nitrogens is 3. The van der Waals surface area contributed by atoms with Crippen LogP contribution in [0.4, 0.5) is 0 Å². The lowest BCUT2D eigenvalue weighted by Crippen LogP contribution is -2.28. The molecule has 0 saturated carbocycles. The Morgan fingerprint density at radius 1 is 1.44 bits per heavy atom. The summed E-state index contributed by atoms with van der Waals surface area (Å²) in [7, 11) is 0. The molecule has 0 radical (unpaired) electrons. The van der Waals surface area contributed by atoms with Crippen molar-refractivity contribution in [3.05, 3.63) is 29.7 Å². The molecule has 0 aromatic carbocycles. The minimum atomic E-state index is -0.946. The van der Waals surface area contributed by atoms with Gasteiger partial charge in [0, 0.05) is 6.20 Å². The van der Waals surface area contributed by atoms with E-state index < -0.39 is 5.97 Å². The van der Waals surface area contributed by atoms with Gasteiger partial charge in [-0.25, -0.2) is 4.79 Å². The van der Waals surface area contributed by atoms with Gasteiger partial charge in [-0.05, 0) is 31.5 Å². The van der Waals surface area contributed by atoms with Crippen molar-refractivity contribution in [1.29, 1.82) is 0 Å². The molecule has 2 N–H and O–H groups in total. The Kier molecular flexibility index (Phi) is 2.71. The van der Waals surface area contributed by atoms with Gasteiger partial charge in [-0.1, -0.05) is 6.42 Å². The molecule has 3 rings (SSSR count). The highest BCUT2D eigenvalue weighted by molar-refractivity contribution is 5.88. The summed E-state index contributed by atoms with van der Waals surface area (Å²) in [4.78, 5) is 10.9. The molecule has 2 aromatic rings. The van der Waals surface area contributed by atoms with Crippen LogP contribution in [0.25, 0.3) is 5.65 Å². The highest BCUT2D eigenvalue weighted by Crippen LogP contribution is 2.22. The second kappa shape index (κ2) is 4.38. The monoisotopic (exact) mass is 246 g/mol. The first-order chi connectivity index (χ1) is 8.75. The Labute approximate surface area is 104 Å². The quantitative estimate of drug-likeness (QED) is 0.833. The number of nitrogens with zero attached hydrogens (tertiary/aromatic N) is 3. The maximum atomic E-state index is 10.9. The zero-order valence-corrected chi connectivity index (χ0v) is 9.83. The van der Waals surface area contributed by atoms with Crippen molar-refractivity contribution in [2.24, 2.45) is 0 Å². The molecule has 6 heteroatoms. The van der Waals surface area contributed by atoms with Crippen molar-refractivity contribution in [2.45, 2.75) is 25.3 Å². The van der Waals surface area contributed by atoms with E-state index in [4.69, 9.17) is 5.11 Å². The fraction of sp³-hybridized carbons (Fsp3) is 0.417. The van der Waals surface area contributed by atoms with Crippen LogP contribution in [0.2, 0.25) is 0 Å². The summed E-state index contributed by atoms with van der Waals surface area (Å²) < 4.78 is 1.86. The lowest BCUT2D eigenvalue weighted by molar-refractivity contribution is 0.0697. The molecule has 94 valence electrons. The van der Waals surface area contributed by atoms with Crippen molar-refractivity contribution in [3.63, 3.8) is 0 Å². The first kappa shape index (κ1) is 11.2. The van der Waals surface area contributed by atoms with Crippen LogP contribution in [0.3, 0.4) is 0 Å². The zero-order chi connectivity index (χ0) is 12.5. The number of carboxylic acids is 1. The minimum Gasteiger partial charge on any atom is -0.478 e. The summed E-state index contributed by atoms with van der Waals surface area (Å²) in [5.74, 6) is -0.0838. The Morgan fingerprint density at radius 3 is 3.06 bits per heavy atom. The molecule has 2 aromatic heterocycles. The number of rotatable bonds is 2. The molecule has 1 fully saturated rings. The number of hydrogen-bond acceptors (Lipinski definition) is 4. The van der Waals surface area contributed by atoms with Gasteiger partial charge >= 0.3 is 5.97 Å². The topological polar surface area (TPSA) is 79.5 Å². The molecule has 0 bridgehead atoms. The van der Waals surface area contributed by atoms with E-state index in [0.29, 0.717) is 5.65 Å². The van der Waals surface area contributed by atoms with Crippen molar-refractivity contribution >= 4 is 11.6 Å². The van der Waals surface area contributed by atoms with Gasteiger partial charge in [-0.15, -0.1) is 10.2 Å². The first-order valence-corrected chi connectivity index (χ1v) is 6.07. The van der Waals surface area contributed by atoms with Crippen molar-refractivity contribution in [1.82, 2.24) is 19.9 Å². The molecule has 1 unspecified atom stereocenters. The summed E-state index contributed by atoms with van der Waals surface area (Å²) in [5, 5.41) is 20.6. The highest BCUT2D eigenvalue weighted by atomic mass is 16.4. The molecule has 18 heavy (non-hydrogen) atoms. The number of pyridine rings is 1. The normalized spacial score (nSPS) is 20.1. The highest BCUT2D eigenvalue weighted by Gasteiger charge is 2.20. The summed E-state index contributed by atoms with van der Waals surface area (Å²) in [6.07, 6.45) is 5.14. The third-order valence-corrected chi connectivity index (χ3v) is 3.31. The van der Waals surface area contributed by atoms with Gasteiger partial charge in [0.25, 0.3) is 0 Å². The first-order valence-electron chi connectivity index (χ1n) is 6.07.